The minimum absolute atomic E-state index is 0.518. The lowest BCUT2D eigenvalue weighted by Gasteiger charge is -2.17. The van der Waals surface area contributed by atoms with Gasteiger partial charge in [-0.15, -0.1) is 0 Å². The molecule has 0 amide bonds. The summed E-state index contributed by atoms with van der Waals surface area (Å²) in [5.41, 5.74) is 0. The van der Waals surface area contributed by atoms with E-state index in [9.17, 15) is 0 Å². The van der Waals surface area contributed by atoms with Crippen molar-refractivity contribution >= 4 is 0 Å². The molecule has 1 heterocycles. The van der Waals surface area contributed by atoms with Gasteiger partial charge in [-0.25, -0.2) is 0 Å². The van der Waals surface area contributed by atoms with Gasteiger partial charge in [0.2, 0.25) is 0 Å². The second-order valence-electron chi connectivity index (χ2n) is 2.99. The molecule has 1 aliphatic rings. The van der Waals surface area contributed by atoms with Crippen molar-refractivity contribution in [2.75, 3.05) is 26.7 Å². The molecule has 1 saturated heterocycles. The van der Waals surface area contributed by atoms with E-state index in [0.717, 1.165) is 19.7 Å². The van der Waals surface area contributed by atoms with Gasteiger partial charge in [-0.3, -0.25) is 0 Å². The molecule has 1 rings (SSSR count). The minimum Gasteiger partial charge on any atom is -0.377 e. The van der Waals surface area contributed by atoms with Crippen LogP contribution in [0.1, 0.15) is 19.8 Å². The average molecular weight is 143 g/mol. The van der Waals surface area contributed by atoms with Crippen molar-refractivity contribution < 1.29 is 4.74 Å². The number of hydrogen-bond acceptors (Lipinski definition) is 2. The quantitative estimate of drug-likeness (QED) is 0.587. The van der Waals surface area contributed by atoms with E-state index in [0.29, 0.717) is 6.10 Å². The van der Waals surface area contributed by atoms with Gasteiger partial charge in [-0.2, -0.15) is 0 Å². The Labute approximate surface area is 63.2 Å². The first-order valence-electron chi connectivity index (χ1n) is 4.13. The first-order chi connectivity index (χ1) is 4.83. The highest BCUT2D eigenvalue weighted by molar-refractivity contribution is 4.67. The Balaban J connectivity index is 2.11. The highest BCUT2D eigenvalue weighted by atomic mass is 16.5. The maximum absolute atomic E-state index is 5.48. The van der Waals surface area contributed by atoms with Crippen LogP contribution >= 0.6 is 0 Å². The van der Waals surface area contributed by atoms with Crippen LogP contribution in [0.4, 0.5) is 0 Å². The van der Waals surface area contributed by atoms with Crippen molar-refractivity contribution in [3.63, 3.8) is 0 Å². The van der Waals surface area contributed by atoms with E-state index in [-0.39, 0.29) is 0 Å². The standard InChI is InChI=1S/C8H17NO/c1-3-9(2)7-8-5-4-6-10-8/h8H,3-7H2,1-2H3. The second kappa shape index (κ2) is 3.94. The third kappa shape index (κ3) is 2.27. The zero-order valence-electron chi connectivity index (χ0n) is 6.97. The van der Waals surface area contributed by atoms with E-state index in [1.807, 2.05) is 0 Å². The van der Waals surface area contributed by atoms with Crippen LogP contribution in [-0.4, -0.2) is 37.7 Å². The van der Waals surface area contributed by atoms with Gasteiger partial charge in [0.05, 0.1) is 6.10 Å². The Morgan fingerprint density at radius 2 is 2.40 bits per heavy atom. The Hall–Kier alpha value is -0.0800. The van der Waals surface area contributed by atoms with Gasteiger partial charge in [-0.1, -0.05) is 6.92 Å². The lowest BCUT2D eigenvalue weighted by molar-refractivity contribution is 0.0827. The largest absolute Gasteiger partial charge is 0.377 e. The molecule has 0 aromatic rings. The van der Waals surface area contributed by atoms with Crippen molar-refractivity contribution in [1.29, 1.82) is 0 Å². The van der Waals surface area contributed by atoms with E-state index in [1.165, 1.54) is 12.8 Å². The fourth-order valence-corrected chi connectivity index (χ4v) is 1.27. The molecule has 0 radical (unpaired) electrons. The molecule has 0 saturated carbocycles. The van der Waals surface area contributed by atoms with Crippen LogP contribution < -0.4 is 0 Å². The predicted octanol–water partition coefficient (Wildman–Crippen LogP) is 1.12. The molecule has 10 heavy (non-hydrogen) atoms. The predicted molar refractivity (Wildman–Crippen MR) is 42.1 cm³/mol. The summed E-state index contributed by atoms with van der Waals surface area (Å²) in [5, 5.41) is 0. The first-order valence-corrected chi connectivity index (χ1v) is 4.13. The summed E-state index contributed by atoms with van der Waals surface area (Å²) < 4.78 is 5.48. The fourth-order valence-electron chi connectivity index (χ4n) is 1.27. The molecule has 1 unspecified atom stereocenters. The van der Waals surface area contributed by atoms with Gasteiger partial charge < -0.3 is 9.64 Å². The second-order valence-corrected chi connectivity index (χ2v) is 2.99. The highest BCUT2D eigenvalue weighted by Gasteiger charge is 2.15. The third-order valence-corrected chi connectivity index (χ3v) is 2.08. The van der Waals surface area contributed by atoms with E-state index >= 15 is 0 Å². The molecular formula is C8H17NO. The van der Waals surface area contributed by atoms with Crippen LogP contribution in [0.2, 0.25) is 0 Å². The topological polar surface area (TPSA) is 12.5 Å². The molecule has 0 aliphatic carbocycles. The van der Waals surface area contributed by atoms with E-state index in [2.05, 4.69) is 18.9 Å². The molecule has 0 spiro atoms. The molecule has 60 valence electrons. The Bertz CT molecular complexity index is 89.3. The first kappa shape index (κ1) is 8.02. The third-order valence-electron chi connectivity index (χ3n) is 2.08. The van der Waals surface area contributed by atoms with Gasteiger partial charge in [0.15, 0.2) is 0 Å². The van der Waals surface area contributed by atoms with E-state index in [1.54, 1.807) is 0 Å². The number of ether oxygens (including phenoxy) is 1. The molecule has 1 fully saturated rings. The number of likely N-dealkylation sites (N-methyl/N-ethyl adjacent to an activating group) is 1. The van der Waals surface area contributed by atoms with Crippen molar-refractivity contribution in [2.24, 2.45) is 0 Å². The van der Waals surface area contributed by atoms with Gasteiger partial charge in [0.1, 0.15) is 0 Å². The van der Waals surface area contributed by atoms with Crippen LogP contribution in [-0.2, 0) is 4.74 Å². The van der Waals surface area contributed by atoms with Gasteiger partial charge in [0, 0.05) is 13.2 Å². The van der Waals surface area contributed by atoms with Crippen LogP contribution in [0.25, 0.3) is 0 Å². The number of hydrogen-bond donors (Lipinski definition) is 0. The molecule has 0 aromatic carbocycles. The molecule has 2 heteroatoms. The summed E-state index contributed by atoms with van der Waals surface area (Å²) in [4.78, 5) is 2.30. The smallest absolute Gasteiger partial charge is 0.0702 e. The summed E-state index contributed by atoms with van der Waals surface area (Å²) in [5.74, 6) is 0. The van der Waals surface area contributed by atoms with E-state index < -0.39 is 0 Å². The Kier molecular flexibility index (Phi) is 3.16. The van der Waals surface area contributed by atoms with Crippen molar-refractivity contribution in [1.82, 2.24) is 4.90 Å². The number of nitrogens with zero attached hydrogens (tertiary/aromatic N) is 1. The molecule has 1 atom stereocenters. The zero-order valence-corrected chi connectivity index (χ0v) is 6.97. The van der Waals surface area contributed by atoms with Crippen molar-refractivity contribution in [3.05, 3.63) is 0 Å². The lowest BCUT2D eigenvalue weighted by Crippen LogP contribution is -2.28. The molecule has 2 nitrogen and oxygen atoms in total. The van der Waals surface area contributed by atoms with Crippen LogP contribution in [0, 0.1) is 0 Å². The maximum atomic E-state index is 5.48. The molecule has 0 bridgehead atoms. The molecule has 0 aromatic heterocycles. The van der Waals surface area contributed by atoms with Crippen LogP contribution in [0.15, 0.2) is 0 Å². The molecular weight excluding hydrogens is 126 g/mol. The monoisotopic (exact) mass is 143 g/mol. The SMILES string of the molecule is CCN(C)CC1CCCO1. The Morgan fingerprint density at radius 3 is 2.90 bits per heavy atom. The van der Waals surface area contributed by atoms with Crippen LogP contribution in [0.3, 0.4) is 0 Å². The maximum Gasteiger partial charge on any atom is 0.0702 e. The summed E-state index contributed by atoms with van der Waals surface area (Å²) in [6.45, 7) is 5.38. The molecule has 1 aliphatic heterocycles. The molecule has 0 N–H and O–H groups in total. The highest BCUT2D eigenvalue weighted by Crippen LogP contribution is 2.12. The van der Waals surface area contributed by atoms with Gasteiger partial charge in [-0.05, 0) is 26.4 Å². The van der Waals surface area contributed by atoms with Crippen molar-refractivity contribution in [2.45, 2.75) is 25.9 Å². The Morgan fingerprint density at radius 1 is 1.60 bits per heavy atom. The zero-order chi connectivity index (χ0) is 7.40. The summed E-state index contributed by atoms with van der Waals surface area (Å²) in [6, 6.07) is 0. The average Bonchev–Trinajstić information content (AvgIpc) is 2.40. The van der Waals surface area contributed by atoms with Gasteiger partial charge >= 0.3 is 0 Å². The number of rotatable bonds is 3. The van der Waals surface area contributed by atoms with Crippen molar-refractivity contribution in [3.8, 4) is 0 Å². The minimum atomic E-state index is 0.518. The van der Waals surface area contributed by atoms with E-state index in [4.69, 9.17) is 4.74 Å². The van der Waals surface area contributed by atoms with Crippen LogP contribution in [0.5, 0.6) is 0 Å². The summed E-state index contributed by atoms with van der Waals surface area (Å²) in [7, 11) is 2.14. The lowest BCUT2D eigenvalue weighted by atomic mass is 10.2. The normalized spacial score (nSPS) is 26.1. The fraction of sp³-hybridized carbons (Fsp3) is 1.00. The summed E-state index contributed by atoms with van der Waals surface area (Å²) >= 11 is 0. The summed E-state index contributed by atoms with van der Waals surface area (Å²) in [6.07, 6.45) is 3.02. The van der Waals surface area contributed by atoms with Gasteiger partial charge in [0.25, 0.3) is 0 Å².